The summed E-state index contributed by atoms with van der Waals surface area (Å²) >= 11 is 0. The summed E-state index contributed by atoms with van der Waals surface area (Å²) in [6.45, 7) is 1.54. The molecular formula is C7H14F3NO2S. The van der Waals surface area contributed by atoms with Gasteiger partial charge in [0.25, 0.3) is 0 Å². The molecule has 0 fully saturated rings. The lowest BCUT2D eigenvalue weighted by molar-refractivity contribution is -0.135. The topological polar surface area (TPSA) is 46.2 Å². The number of hydrogen-bond acceptors (Lipinski definition) is 2. The molecule has 0 aromatic heterocycles. The molecule has 0 saturated heterocycles. The van der Waals surface area contributed by atoms with Gasteiger partial charge in [0, 0.05) is 13.0 Å². The third-order valence-corrected chi connectivity index (χ3v) is 3.02. The molecule has 3 nitrogen and oxygen atoms in total. The molecule has 0 heterocycles. The molecule has 0 amide bonds. The Kier molecular flexibility index (Phi) is 5.43. The first-order valence-electron chi connectivity index (χ1n) is 4.31. The first-order valence-corrected chi connectivity index (χ1v) is 5.96. The quantitative estimate of drug-likeness (QED) is 0.709. The highest BCUT2D eigenvalue weighted by molar-refractivity contribution is 7.89. The Hall–Kier alpha value is -0.300. The van der Waals surface area contributed by atoms with Crippen molar-refractivity contribution in [2.24, 2.45) is 0 Å². The van der Waals surface area contributed by atoms with Crippen molar-refractivity contribution < 1.29 is 21.6 Å². The van der Waals surface area contributed by atoms with Crippen molar-refractivity contribution in [3.63, 3.8) is 0 Å². The lowest BCUT2D eigenvalue weighted by Gasteiger charge is -2.07. The van der Waals surface area contributed by atoms with E-state index >= 15 is 0 Å². The van der Waals surface area contributed by atoms with Crippen molar-refractivity contribution in [3.05, 3.63) is 0 Å². The molecule has 7 heteroatoms. The van der Waals surface area contributed by atoms with Crippen molar-refractivity contribution in [2.45, 2.75) is 32.4 Å². The van der Waals surface area contributed by atoms with Crippen LogP contribution in [-0.4, -0.2) is 26.9 Å². The highest BCUT2D eigenvalue weighted by Gasteiger charge is 2.26. The van der Waals surface area contributed by atoms with Crippen molar-refractivity contribution in [2.75, 3.05) is 12.3 Å². The Bertz CT molecular complexity index is 248. The van der Waals surface area contributed by atoms with Crippen LogP contribution >= 0.6 is 0 Å². The summed E-state index contributed by atoms with van der Waals surface area (Å²) in [6, 6.07) is 0. The van der Waals surface area contributed by atoms with Crippen LogP contribution in [0.5, 0.6) is 0 Å². The molecule has 0 radical (unpaired) electrons. The van der Waals surface area contributed by atoms with Gasteiger partial charge in [0.1, 0.15) is 0 Å². The Labute approximate surface area is 81.7 Å². The minimum atomic E-state index is -4.21. The molecule has 86 valence electrons. The van der Waals surface area contributed by atoms with E-state index in [0.717, 1.165) is 0 Å². The van der Waals surface area contributed by atoms with Gasteiger partial charge in [0.2, 0.25) is 10.0 Å². The van der Waals surface area contributed by atoms with Crippen LogP contribution in [0.3, 0.4) is 0 Å². The summed E-state index contributed by atoms with van der Waals surface area (Å²) in [5.41, 5.74) is 0. The zero-order chi connectivity index (χ0) is 11.2. The molecule has 0 aliphatic rings. The van der Waals surface area contributed by atoms with E-state index in [0.29, 0.717) is 6.42 Å². The van der Waals surface area contributed by atoms with Crippen LogP contribution < -0.4 is 4.72 Å². The molecule has 0 unspecified atom stereocenters. The van der Waals surface area contributed by atoms with E-state index in [9.17, 15) is 21.6 Å². The van der Waals surface area contributed by atoms with E-state index in [1.165, 1.54) is 0 Å². The minimum Gasteiger partial charge on any atom is -0.215 e. The van der Waals surface area contributed by atoms with E-state index in [1.54, 1.807) is 6.92 Å². The third-order valence-electron chi connectivity index (χ3n) is 1.43. The van der Waals surface area contributed by atoms with E-state index < -0.39 is 22.6 Å². The Morgan fingerprint density at radius 1 is 1.29 bits per heavy atom. The number of alkyl halides is 3. The van der Waals surface area contributed by atoms with Crippen molar-refractivity contribution in [3.8, 4) is 0 Å². The first kappa shape index (κ1) is 13.7. The first-order chi connectivity index (χ1) is 6.27. The zero-order valence-electron chi connectivity index (χ0n) is 7.89. The third kappa shape index (κ3) is 8.31. The SMILES string of the molecule is CCCS(=O)(=O)NCCCC(F)(F)F. The number of halogens is 3. The Balaban J connectivity index is 3.65. The fourth-order valence-electron chi connectivity index (χ4n) is 0.857. The molecular weight excluding hydrogens is 219 g/mol. The van der Waals surface area contributed by atoms with Crippen LogP contribution in [0.15, 0.2) is 0 Å². The number of nitrogens with one attached hydrogen (secondary N) is 1. The number of rotatable bonds is 6. The van der Waals surface area contributed by atoms with Crippen LogP contribution in [0.1, 0.15) is 26.2 Å². The van der Waals surface area contributed by atoms with Gasteiger partial charge in [0.15, 0.2) is 0 Å². The second kappa shape index (κ2) is 5.55. The maximum atomic E-state index is 11.6. The average Bonchev–Trinajstić information content (AvgIpc) is 1.96. The van der Waals surface area contributed by atoms with Gasteiger partial charge in [-0.1, -0.05) is 6.92 Å². The molecule has 0 saturated carbocycles. The highest BCUT2D eigenvalue weighted by Crippen LogP contribution is 2.20. The zero-order valence-corrected chi connectivity index (χ0v) is 8.71. The van der Waals surface area contributed by atoms with Gasteiger partial charge in [-0.05, 0) is 12.8 Å². The lowest BCUT2D eigenvalue weighted by Crippen LogP contribution is -2.27. The van der Waals surface area contributed by atoms with E-state index in [2.05, 4.69) is 4.72 Å². The second-order valence-corrected chi connectivity index (χ2v) is 4.86. The number of hydrogen-bond donors (Lipinski definition) is 1. The molecule has 14 heavy (non-hydrogen) atoms. The highest BCUT2D eigenvalue weighted by atomic mass is 32.2. The average molecular weight is 233 g/mol. The van der Waals surface area contributed by atoms with Crippen LogP contribution in [0, 0.1) is 0 Å². The van der Waals surface area contributed by atoms with Crippen LogP contribution in [0.25, 0.3) is 0 Å². The molecule has 0 aromatic carbocycles. The monoisotopic (exact) mass is 233 g/mol. The number of sulfonamides is 1. The lowest BCUT2D eigenvalue weighted by atomic mass is 10.3. The van der Waals surface area contributed by atoms with Crippen LogP contribution in [0.2, 0.25) is 0 Å². The van der Waals surface area contributed by atoms with Gasteiger partial charge in [-0.2, -0.15) is 13.2 Å². The second-order valence-electron chi connectivity index (χ2n) is 2.93. The van der Waals surface area contributed by atoms with Crippen molar-refractivity contribution in [1.82, 2.24) is 4.72 Å². The molecule has 0 bridgehead atoms. The molecule has 1 N–H and O–H groups in total. The predicted octanol–water partition coefficient (Wildman–Crippen LogP) is 1.66. The van der Waals surface area contributed by atoms with Gasteiger partial charge in [0.05, 0.1) is 5.75 Å². The maximum absolute atomic E-state index is 11.6. The normalized spacial score (nSPS) is 13.1. The molecule has 0 spiro atoms. The summed E-state index contributed by atoms with van der Waals surface area (Å²) in [5, 5.41) is 0. The van der Waals surface area contributed by atoms with E-state index in [-0.39, 0.29) is 18.7 Å². The van der Waals surface area contributed by atoms with Crippen molar-refractivity contribution >= 4 is 10.0 Å². The summed E-state index contributed by atoms with van der Waals surface area (Å²) in [4.78, 5) is 0. The molecule has 0 aliphatic carbocycles. The maximum Gasteiger partial charge on any atom is 0.389 e. The molecule has 0 aromatic rings. The van der Waals surface area contributed by atoms with E-state index in [1.807, 2.05) is 0 Å². The molecule has 0 aliphatic heterocycles. The minimum absolute atomic E-state index is 0.0426. The Morgan fingerprint density at radius 3 is 2.29 bits per heavy atom. The summed E-state index contributed by atoms with van der Waals surface area (Å²) in [7, 11) is -3.37. The molecule has 0 atom stereocenters. The standard InChI is InChI=1S/C7H14F3NO2S/c1-2-6-14(12,13)11-5-3-4-7(8,9)10/h11H,2-6H2,1H3. The summed E-state index contributed by atoms with van der Waals surface area (Å²) < 4.78 is 59.0. The smallest absolute Gasteiger partial charge is 0.215 e. The van der Waals surface area contributed by atoms with Gasteiger partial charge >= 0.3 is 6.18 Å². The van der Waals surface area contributed by atoms with Gasteiger partial charge in [-0.3, -0.25) is 0 Å². The largest absolute Gasteiger partial charge is 0.389 e. The fraction of sp³-hybridized carbons (Fsp3) is 1.00. The molecule has 0 rings (SSSR count). The van der Waals surface area contributed by atoms with Crippen molar-refractivity contribution in [1.29, 1.82) is 0 Å². The summed E-state index contributed by atoms with van der Waals surface area (Å²) in [5.74, 6) is -0.0426. The summed E-state index contributed by atoms with van der Waals surface area (Å²) in [6.07, 6.45) is -4.93. The fourth-order valence-corrected chi connectivity index (χ4v) is 1.99. The van der Waals surface area contributed by atoms with Crippen LogP contribution in [-0.2, 0) is 10.0 Å². The van der Waals surface area contributed by atoms with Gasteiger partial charge < -0.3 is 0 Å². The van der Waals surface area contributed by atoms with Gasteiger partial charge in [-0.15, -0.1) is 0 Å². The van der Waals surface area contributed by atoms with Gasteiger partial charge in [-0.25, -0.2) is 13.1 Å². The Morgan fingerprint density at radius 2 is 1.86 bits per heavy atom. The predicted molar refractivity (Wildman–Crippen MR) is 47.4 cm³/mol. The van der Waals surface area contributed by atoms with Crippen LogP contribution in [0.4, 0.5) is 13.2 Å². The van der Waals surface area contributed by atoms with E-state index in [4.69, 9.17) is 0 Å².